The number of nitrogens with zero attached hydrogens (tertiary/aromatic N) is 1. The molecular weight excluding hydrogens is 390 g/mol. The van der Waals surface area contributed by atoms with Gasteiger partial charge in [-0.1, -0.05) is 0 Å². The lowest BCUT2D eigenvalue weighted by Crippen LogP contribution is -2.37. The van der Waals surface area contributed by atoms with E-state index in [9.17, 15) is 4.79 Å². The van der Waals surface area contributed by atoms with Gasteiger partial charge in [-0.15, -0.1) is 0 Å². The van der Waals surface area contributed by atoms with Crippen LogP contribution in [0.15, 0.2) is 16.6 Å². The normalized spacial score (nSPS) is 15.1. The van der Waals surface area contributed by atoms with Gasteiger partial charge in [-0.25, -0.2) is 0 Å². The quantitative estimate of drug-likeness (QED) is 0.557. The molecule has 1 amide bonds. The van der Waals surface area contributed by atoms with Crippen molar-refractivity contribution in [2.75, 3.05) is 53.1 Å². The van der Waals surface area contributed by atoms with E-state index in [-0.39, 0.29) is 6.61 Å². The molecule has 0 saturated carbocycles. The summed E-state index contributed by atoms with van der Waals surface area (Å²) in [5, 5.41) is 3.44. The number of hydrogen-bond acceptors (Lipinski definition) is 6. The lowest BCUT2D eigenvalue weighted by atomic mass is 10.2. The first-order valence-corrected chi connectivity index (χ1v) is 9.17. The van der Waals surface area contributed by atoms with Gasteiger partial charge in [-0.05, 0) is 53.1 Å². The standard InChI is InChI=1S/C17H26BrN3O4/c1-23-15-10-13(9-14(18)17(15)25-12-16(19)22)11-20-3-2-4-21-5-7-24-8-6-21/h9-10,20H,2-8,11-12H2,1H3,(H2,19,22). The third-order valence-corrected chi connectivity index (χ3v) is 4.50. The Morgan fingerprint density at radius 1 is 1.40 bits per heavy atom. The van der Waals surface area contributed by atoms with Crippen molar-refractivity contribution in [3.63, 3.8) is 0 Å². The van der Waals surface area contributed by atoms with E-state index in [1.807, 2.05) is 12.1 Å². The summed E-state index contributed by atoms with van der Waals surface area (Å²) < 4.78 is 16.8. The van der Waals surface area contributed by atoms with Crippen LogP contribution in [0.4, 0.5) is 0 Å². The molecule has 1 saturated heterocycles. The molecule has 8 heteroatoms. The van der Waals surface area contributed by atoms with Crippen LogP contribution in [0.3, 0.4) is 0 Å². The van der Waals surface area contributed by atoms with Gasteiger partial charge in [-0.2, -0.15) is 0 Å². The topological polar surface area (TPSA) is 86.1 Å². The molecule has 7 nitrogen and oxygen atoms in total. The van der Waals surface area contributed by atoms with E-state index in [2.05, 4.69) is 26.1 Å². The molecule has 1 aliphatic rings. The van der Waals surface area contributed by atoms with Crippen LogP contribution in [0.25, 0.3) is 0 Å². The lowest BCUT2D eigenvalue weighted by Gasteiger charge is -2.26. The second kappa shape index (κ2) is 10.6. The predicted molar refractivity (Wildman–Crippen MR) is 99.0 cm³/mol. The average molecular weight is 416 g/mol. The largest absolute Gasteiger partial charge is 0.493 e. The highest BCUT2D eigenvalue weighted by Crippen LogP contribution is 2.36. The summed E-state index contributed by atoms with van der Waals surface area (Å²) in [6.45, 7) is 6.30. The molecule has 1 aromatic rings. The molecule has 0 spiro atoms. The number of carbonyl (C=O) groups is 1. The van der Waals surface area contributed by atoms with Crippen molar-refractivity contribution in [1.82, 2.24) is 10.2 Å². The molecular formula is C17H26BrN3O4. The number of benzene rings is 1. The van der Waals surface area contributed by atoms with E-state index < -0.39 is 5.91 Å². The second-order valence-corrected chi connectivity index (χ2v) is 6.70. The summed E-state index contributed by atoms with van der Waals surface area (Å²) in [7, 11) is 1.57. The molecule has 1 fully saturated rings. The number of carbonyl (C=O) groups excluding carboxylic acids is 1. The van der Waals surface area contributed by atoms with Gasteiger partial charge in [0.25, 0.3) is 5.91 Å². The zero-order valence-corrected chi connectivity index (χ0v) is 16.1. The molecule has 0 atom stereocenters. The summed E-state index contributed by atoms with van der Waals surface area (Å²) >= 11 is 3.46. The van der Waals surface area contributed by atoms with E-state index in [0.29, 0.717) is 11.5 Å². The monoisotopic (exact) mass is 415 g/mol. The van der Waals surface area contributed by atoms with Crippen LogP contribution in [0, 0.1) is 0 Å². The minimum Gasteiger partial charge on any atom is -0.493 e. The van der Waals surface area contributed by atoms with Crippen molar-refractivity contribution in [1.29, 1.82) is 0 Å². The predicted octanol–water partition coefficient (Wildman–Crippen LogP) is 1.13. The molecule has 0 aliphatic carbocycles. The minimum absolute atomic E-state index is 0.186. The van der Waals surface area contributed by atoms with Crippen molar-refractivity contribution in [2.24, 2.45) is 5.73 Å². The fourth-order valence-corrected chi connectivity index (χ4v) is 3.25. The van der Waals surface area contributed by atoms with Crippen LogP contribution in [0.2, 0.25) is 0 Å². The molecule has 1 aromatic carbocycles. The van der Waals surface area contributed by atoms with E-state index in [4.69, 9.17) is 19.9 Å². The highest BCUT2D eigenvalue weighted by atomic mass is 79.9. The molecule has 3 N–H and O–H groups in total. The number of nitrogens with one attached hydrogen (secondary N) is 1. The zero-order valence-electron chi connectivity index (χ0n) is 14.6. The van der Waals surface area contributed by atoms with E-state index in [1.54, 1.807) is 7.11 Å². The Hall–Kier alpha value is -1.35. The highest BCUT2D eigenvalue weighted by molar-refractivity contribution is 9.10. The number of rotatable bonds is 10. The molecule has 2 rings (SSSR count). The molecule has 140 valence electrons. The fraction of sp³-hybridized carbons (Fsp3) is 0.588. The highest BCUT2D eigenvalue weighted by Gasteiger charge is 2.13. The smallest absolute Gasteiger partial charge is 0.255 e. The Labute approximate surface area is 156 Å². The third kappa shape index (κ3) is 6.81. The number of methoxy groups -OCH3 is 1. The first kappa shape index (κ1) is 20.0. The van der Waals surface area contributed by atoms with Crippen LogP contribution in [-0.2, 0) is 16.1 Å². The minimum atomic E-state index is -0.528. The van der Waals surface area contributed by atoms with E-state index in [1.165, 1.54) is 0 Å². The van der Waals surface area contributed by atoms with Gasteiger partial charge < -0.3 is 25.3 Å². The van der Waals surface area contributed by atoms with Crippen LogP contribution in [-0.4, -0.2) is 63.9 Å². The molecule has 0 radical (unpaired) electrons. The van der Waals surface area contributed by atoms with Crippen molar-refractivity contribution in [3.8, 4) is 11.5 Å². The number of nitrogens with two attached hydrogens (primary N) is 1. The number of hydrogen-bond donors (Lipinski definition) is 2. The third-order valence-electron chi connectivity index (χ3n) is 3.91. The number of morpholine rings is 1. The number of amides is 1. The maximum atomic E-state index is 10.9. The molecule has 25 heavy (non-hydrogen) atoms. The SMILES string of the molecule is COc1cc(CNCCCN2CCOCC2)cc(Br)c1OCC(N)=O. The summed E-state index contributed by atoms with van der Waals surface area (Å²) in [4.78, 5) is 13.3. The average Bonchev–Trinajstić information content (AvgIpc) is 2.60. The molecule has 0 bridgehead atoms. The number of primary amides is 1. The van der Waals surface area contributed by atoms with E-state index in [0.717, 1.165) is 62.4 Å². The molecule has 0 aromatic heterocycles. The van der Waals surface area contributed by atoms with E-state index >= 15 is 0 Å². The Kier molecular flexibility index (Phi) is 8.47. The van der Waals surface area contributed by atoms with Crippen LogP contribution >= 0.6 is 15.9 Å². The van der Waals surface area contributed by atoms with Crippen molar-refractivity contribution >= 4 is 21.8 Å². The fourth-order valence-electron chi connectivity index (χ4n) is 2.64. The summed E-state index contributed by atoms with van der Waals surface area (Å²) in [5.41, 5.74) is 6.19. The Balaban J connectivity index is 1.79. The number of ether oxygens (including phenoxy) is 3. The first-order valence-electron chi connectivity index (χ1n) is 8.38. The van der Waals surface area contributed by atoms with Gasteiger partial charge in [0.15, 0.2) is 18.1 Å². The molecule has 1 heterocycles. The van der Waals surface area contributed by atoms with Gasteiger partial charge in [0, 0.05) is 19.6 Å². The maximum absolute atomic E-state index is 10.9. The Morgan fingerprint density at radius 3 is 2.84 bits per heavy atom. The number of halogens is 1. The summed E-state index contributed by atoms with van der Waals surface area (Å²) in [6, 6.07) is 3.85. The van der Waals surface area contributed by atoms with Gasteiger partial charge >= 0.3 is 0 Å². The van der Waals surface area contributed by atoms with Crippen molar-refractivity contribution in [3.05, 3.63) is 22.2 Å². The Morgan fingerprint density at radius 2 is 2.16 bits per heavy atom. The van der Waals surface area contributed by atoms with Crippen LogP contribution in [0.5, 0.6) is 11.5 Å². The summed E-state index contributed by atoms with van der Waals surface area (Å²) in [5.74, 6) is 0.526. The van der Waals surface area contributed by atoms with Gasteiger partial charge in [-0.3, -0.25) is 9.69 Å². The first-order chi connectivity index (χ1) is 12.1. The molecule has 0 unspecified atom stereocenters. The van der Waals surface area contributed by atoms with Crippen molar-refractivity contribution in [2.45, 2.75) is 13.0 Å². The van der Waals surface area contributed by atoms with Gasteiger partial charge in [0.05, 0.1) is 24.8 Å². The van der Waals surface area contributed by atoms with Gasteiger partial charge in [0.1, 0.15) is 0 Å². The molecule has 1 aliphatic heterocycles. The maximum Gasteiger partial charge on any atom is 0.255 e. The zero-order chi connectivity index (χ0) is 18.1. The van der Waals surface area contributed by atoms with Crippen LogP contribution in [0.1, 0.15) is 12.0 Å². The Bertz CT molecular complexity index is 565. The van der Waals surface area contributed by atoms with Crippen molar-refractivity contribution < 1.29 is 19.0 Å². The lowest BCUT2D eigenvalue weighted by molar-refractivity contribution is -0.119. The van der Waals surface area contributed by atoms with Gasteiger partial charge in [0.2, 0.25) is 0 Å². The summed E-state index contributed by atoms with van der Waals surface area (Å²) in [6.07, 6.45) is 1.10. The van der Waals surface area contributed by atoms with Crippen LogP contribution < -0.4 is 20.5 Å². The second-order valence-electron chi connectivity index (χ2n) is 5.85.